The lowest BCUT2D eigenvalue weighted by atomic mass is 10.0. The first-order valence-electron chi connectivity index (χ1n) is 12.6. The molecule has 35 heavy (non-hydrogen) atoms. The van der Waals surface area contributed by atoms with Gasteiger partial charge in [0.2, 0.25) is 0 Å². The summed E-state index contributed by atoms with van der Waals surface area (Å²) < 4.78 is 2.01. The number of rotatable bonds is 9. The molecular weight excluding hydrogens is 460 g/mol. The largest absolute Gasteiger partial charge is 0.344 e. The summed E-state index contributed by atoms with van der Waals surface area (Å²) in [5.41, 5.74) is 2.02. The molecule has 4 rings (SSSR count). The van der Waals surface area contributed by atoms with Crippen molar-refractivity contribution in [2.24, 2.45) is 0 Å². The number of halogens is 1. The quantitative estimate of drug-likeness (QED) is 0.386. The van der Waals surface area contributed by atoms with E-state index in [0.717, 1.165) is 56.5 Å². The summed E-state index contributed by atoms with van der Waals surface area (Å²) in [5.74, 6) is 0.919. The van der Waals surface area contributed by atoms with Gasteiger partial charge in [-0.05, 0) is 49.4 Å². The summed E-state index contributed by atoms with van der Waals surface area (Å²) >= 11 is 6.19. The molecule has 0 fully saturated rings. The molecule has 0 bridgehead atoms. The minimum atomic E-state index is -0.197. The van der Waals surface area contributed by atoms with E-state index in [0.29, 0.717) is 28.6 Å². The van der Waals surface area contributed by atoms with Gasteiger partial charge in [-0.2, -0.15) is 0 Å². The summed E-state index contributed by atoms with van der Waals surface area (Å²) in [7, 11) is 0. The number of fused-ring (bicyclic) bond motifs is 1. The van der Waals surface area contributed by atoms with Crippen LogP contribution in [0.3, 0.4) is 0 Å². The minimum absolute atomic E-state index is 0.126. The van der Waals surface area contributed by atoms with Crippen molar-refractivity contribution in [2.45, 2.75) is 65.0 Å². The highest BCUT2D eigenvalue weighted by atomic mass is 35.5. The molecule has 0 unspecified atom stereocenters. The number of hydrogen-bond donors (Lipinski definition) is 1. The molecule has 1 N–H and O–H groups in total. The number of hydrogen-bond acceptors (Lipinski definition) is 3. The lowest BCUT2D eigenvalue weighted by Gasteiger charge is -2.24. The maximum Gasteiger partial charge on any atom is 0.272 e. The van der Waals surface area contributed by atoms with Gasteiger partial charge in [0.25, 0.3) is 11.8 Å². The predicted molar refractivity (Wildman–Crippen MR) is 140 cm³/mol. The van der Waals surface area contributed by atoms with Crippen molar-refractivity contribution in [3.05, 3.63) is 82.3 Å². The smallest absolute Gasteiger partial charge is 0.272 e. The molecule has 6 nitrogen and oxygen atoms in total. The van der Waals surface area contributed by atoms with Gasteiger partial charge in [0, 0.05) is 30.1 Å². The first kappa shape index (κ1) is 25.0. The Morgan fingerprint density at radius 1 is 1.11 bits per heavy atom. The number of carbonyl (C=O) groups is 2. The van der Waals surface area contributed by atoms with Crippen LogP contribution in [0.15, 0.2) is 54.6 Å². The van der Waals surface area contributed by atoms with E-state index in [1.54, 1.807) is 29.2 Å². The minimum Gasteiger partial charge on any atom is -0.344 e. The van der Waals surface area contributed by atoms with E-state index in [9.17, 15) is 9.59 Å². The Kier molecular flexibility index (Phi) is 8.24. The second kappa shape index (κ2) is 11.5. The number of imidazole rings is 1. The van der Waals surface area contributed by atoms with E-state index in [1.807, 2.05) is 34.9 Å². The van der Waals surface area contributed by atoms with E-state index in [2.05, 4.69) is 19.2 Å². The summed E-state index contributed by atoms with van der Waals surface area (Å²) in [6, 6.07) is 16.8. The van der Waals surface area contributed by atoms with Crippen molar-refractivity contribution in [1.82, 2.24) is 14.9 Å². The second-order valence-electron chi connectivity index (χ2n) is 8.97. The standard InChI is InChI=1S/C28H33ClN4O2/c1-3-5-17-33(28(35)21-14-11-15-22(29)19-21)26-25(32-18-10-9-16-24(32)31-26)27(34)30-23(4-2)20-12-7-6-8-13-20/h6-8,11-15,19,23H,3-5,9-10,16-18H2,1-2H3,(H,30,34)/t23-/m1/s1. The highest BCUT2D eigenvalue weighted by molar-refractivity contribution is 6.31. The zero-order chi connectivity index (χ0) is 24.8. The van der Waals surface area contributed by atoms with Crippen LogP contribution in [0.2, 0.25) is 5.02 Å². The fourth-order valence-electron chi connectivity index (χ4n) is 4.61. The third kappa shape index (κ3) is 5.59. The number of unbranched alkanes of at least 4 members (excludes halogenated alkanes) is 1. The molecule has 184 valence electrons. The molecule has 2 amide bonds. The lowest BCUT2D eigenvalue weighted by molar-refractivity contribution is 0.0925. The first-order chi connectivity index (χ1) is 17.0. The molecule has 0 spiro atoms. The van der Waals surface area contributed by atoms with Crippen LogP contribution < -0.4 is 10.2 Å². The molecule has 2 aromatic carbocycles. The molecule has 0 aliphatic carbocycles. The van der Waals surface area contributed by atoms with Crippen LogP contribution in [-0.4, -0.2) is 27.9 Å². The molecule has 1 aliphatic rings. The van der Waals surface area contributed by atoms with E-state index in [-0.39, 0.29) is 17.9 Å². The van der Waals surface area contributed by atoms with E-state index in [1.165, 1.54) is 0 Å². The molecule has 3 aromatic rings. The predicted octanol–water partition coefficient (Wildman–Crippen LogP) is 6.20. The van der Waals surface area contributed by atoms with Crippen molar-refractivity contribution in [1.29, 1.82) is 0 Å². The normalized spacial score (nSPS) is 13.7. The fourth-order valence-corrected chi connectivity index (χ4v) is 4.80. The summed E-state index contributed by atoms with van der Waals surface area (Å²) in [4.78, 5) is 34.0. The highest BCUT2D eigenvalue weighted by Crippen LogP contribution is 2.29. The number of nitrogens with one attached hydrogen (secondary N) is 1. The zero-order valence-electron chi connectivity index (χ0n) is 20.5. The lowest BCUT2D eigenvalue weighted by Crippen LogP contribution is -2.36. The van der Waals surface area contributed by atoms with E-state index >= 15 is 0 Å². The molecule has 1 aromatic heterocycles. The maximum atomic E-state index is 13.8. The number of amides is 2. The summed E-state index contributed by atoms with van der Waals surface area (Å²) in [6.45, 7) is 5.34. The average Bonchev–Trinajstić information content (AvgIpc) is 3.27. The number of benzene rings is 2. The topological polar surface area (TPSA) is 67.2 Å². The summed E-state index contributed by atoms with van der Waals surface area (Å²) in [6.07, 6.45) is 5.28. The van der Waals surface area contributed by atoms with Gasteiger partial charge in [0.15, 0.2) is 11.5 Å². The van der Waals surface area contributed by atoms with Gasteiger partial charge < -0.3 is 9.88 Å². The maximum absolute atomic E-state index is 13.8. The van der Waals surface area contributed by atoms with Crippen molar-refractivity contribution in [3.8, 4) is 0 Å². The van der Waals surface area contributed by atoms with Gasteiger partial charge in [-0.25, -0.2) is 4.98 Å². The number of nitrogens with zero attached hydrogens (tertiary/aromatic N) is 3. The Morgan fingerprint density at radius 3 is 2.63 bits per heavy atom. The van der Waals surface area contributed by atoms with Crippen molar-refractivity contribution in [3.63, 3.8) is 0 Å². The SMILES string of the molecule is CCCCN(C(=O)c1cccc(Cl)c1)c1nc2n(c1C(=O)N[C@H](CC)c1ccccc1)CCCC2. The molecule has 1 atom stereocenters. The summed E-state index contributed by atoms with van der Waals surface area (Å²) in [5, 5.41) is 3.72. The Balaban J connectivity index is 1.75. The Bertz CT molecular complexity index is 1170. The third-order valence-corrected chi connectivity index (χ3v) is 6.73. The van der Waals surface area contributed by atoms with Crippen LogP contribution in [0.25, 0.3) is 0 Å². The van der Waals surface area contributed by atoms with Gasteiger partial charge >= 0.3 is 0 Å². The van der Waals surface area contributed by atoms with Gasteiger partial charge in [-0.3, -0.25) is 14.5 Å². The molecule has 0 saturated carbocycles. The Labute approximate surface area is 212 Å². The molecule has 7 heteroatoms. The van der Waals surface area contributed by atoms with Crippen LogP contribution in [0, 0.1) is 0 Å². The van der Waals surface area contributed by atoms with E-state index < -0.39 is 0 Å². The Morgan fingerprint density at radius 2 is 1.91 bits per heavy atom. The number of anilines is 1. The van der Waals surface area contributed by atoms with Crippen molar-refractivity contribution < 1.29 is 9.59 Å². The van der Waals surface area contributed by atoms with Crippen molar-refractivity contribution in [2.75, 3.05) is 11.4 Å². The van der Waals surface area contributed by atoms with E-state index in [4.69, 9.17) is 16.6 Å². The van der Waals surface area contributed by atoms with Gasteiger partial charge in [0.1, 0.15) is 5.82 Å². The van der Waals surface area contributed by atoms with Crippen LogP contribution in [0.4, 0.5) is 5.82 Å². The van der Waals surface area contributed by atoms with Crippen LogP contribution in [-0.2, 0) is 13.0 Å². The van der Waals surface area contributed by atoms with Gasteiger partial charge in [-0.15, -0.1) is 0 Å². The molecular formula is C28H33ClN4O2. The fraction of sp³-hybridized carbons (Fsp3) is 0.393. The van der Waals surface area contributed by atoms with Crippen LogP contribution in [0.5, 0.6) is 0 Å². The van der Waals surface area contributed by atoms with Gasteiger partial charge in [-0.1, -0.05) is 68.3 Å². The molecule has 0 saturated heterocycles. The molecule has 1 aliphatic heterocycles. The Hall–Kier alpha value is -3.12. The second-order valence-corrected chi connectivity index (χ2v) is 9.41. The van der Waals surface area contributed by atoms with Crippen LogP contribution >= 0.6 is 11.6 Å². The number of carbonyl (C=O) groups excluding carboxylic acids is 2. The zero-order valence-corrected chi connectivity index (χ0v) is 21.2. The monoisotopic (exact) mass is 492 g/mol. The van der Waals surface area contributed by atoms with Gasteiger partial charge in [0.05, 0.1) is 6.04 Å². The number of aryl methyl sites for hydroxylation is 1. The first-order valence-corrected chi connectivity index (χ1v) is 12.9. The molecule has 2 heterocycles. The van der Waals surface area contributed by atoms with Crippen LogP contribution in [0.1, 0.15) is 84.2 Å². The highest BCUT2D eigenvalue weighted by Gasteiger charge is 2.32. The molecule has 0 radical (unpaired) electrons. The third-order valence-electron chi connectivity index (χ3n) is 6.50. The van der Waals surface area contributed by atoms with Crippen molar-refractivity contribution >= 4 is 29.2 Å². The average molecular weight is 493 g/mol. The number of aromatic nitrogens is 2.